The Bertz CT molecular complexity index is 305. The topological polar surface area (TPSA) is 20.2 Å². The molecule has 1 unspecified atom stereocenters. The van der Waals surface area contributed by atoms with Crippen LogP contribution in [0.5, 0.6) is 0 Å². The normalized spacial score (nSPS) is 14.9. The summed E-state index contributed by atoms with van der Waals surface area (Å²) in [7, 11) is 0. The van der Waals surface area contributed by atoms with Gasteiger partial charge in [-0.25, -0.2) is 0 Å². The van der Waals surface area contributed by atoms with Gasteiger partial charge < -0.3 is 5.11 Å². The van der Waals surface area contributed by atoms with E-state index < -0.39 is 5.60 Å². The highest BCUT2D eigenvalue weighted by atomic mass is 16.3. The van der Waals surface area contributed by atoms with Crippen LogP contribution in [0.15, 0.2) is 30.3 Å². The van der Waals surface area contributed by atoms with Gasteiger partial charge in [-0.05, 0) is 30.7 Å². The minimum atomic E-state index is -0.620. The van der Waals surface area contributed by atoms with E-state index in [4.69, 9.17) is 0 Å². The first-order valence-electron chi connectivity index (χ1n) is 6.86. The molecule has 17 heavy (non-hydrogen) atoms. The third-order valence-electron chi connectivity index (χ3n) is 3.35. The standard InChI is InChI=1S/C16H26O/c1-4-12-16(17,13-8-9-14(2)3)15-10-6-5-7-11-15/h5-7,10-11,14,17H,4,8-9,12-13H2,1-3H3. The van der Waals surface area contributed by atoms with E-state index in [0.717, 1.165) is 37.2 Å². The van der Waals surface area contributed by atoms with Crippen molar-refractivity contribution in [2.45, 2.75) is 58.5 Å². The summed E-state index contributed by atoms with van der Waals surface area (Å²) in [5.74, 6) is 0.719. The molecule has 0 aliphatic carbocycles. The molecule has 1 aromatic carbocycles. The summed E-state index contributed by atoms with van der Waals surface area (Å²) in [5.41, 5.74) is 0.454. The fourth-order valence-electron chi connectivity index (χ4n) is 2.38. The first-order chi connectivity index (χ1) is 8.08. The van der Waals surface area contributed by atoms with E-state index in [9.17, 15) is 5.11 Å². The van der Waals surface area contributed by atoms with Crippen molar-refractivity contribution in [3.05, 3.63) is 35.9 Å². The lowest BCUT2D eigenvalue weighted by Crippen LogP contribution is -2.25. The summed E-state index contributed by atoms with van der Waals surface area (Å²) in [6, 6.07) is 10.1. The van der Waals surface area contributed by atoms with E-state index in [2.05, 4.69) is 20.8 Å². The molecule has 0 saturated carbocycles. The highest BCUT2D eigenvalue weighted by molar-refractivity contribution is 5.22. The van der Waals surface area contributed by atoms with Gasteiger partial charge in [0.1, 0.15) is 0 Å². The first-order valence-corrected chi connectivity index (χ1v) is 6.86. The van der Waals surface area contributed by atoms with Crippen molar-refractivity contribution >= 4 is 0 Å². The number of benzene rings is 1. The lowest BCUT2D eigenvalue weighted by Gasteiger charge is -2.29. The van der Waals surface area contributed by atoms with E-state index in [0.29, 0.717) is 0 Å². The second-order valence-corrected chi connectivity index (χ2v) is 5.43. The largest absolute Gasteiger partial charge is 0.385 e. The Hall–Kier alpha value is -0.820. The smallest absolute Gasteiger partial charge is 0.0896 e. The molecule has 0 radical (unpaired) electrons. The lowest BCUT2D eigenvalue weighted by molar-refractivity contribution is 0.0145. The molecule has 1 N–H and O–H groups in total. The predicted octanol–water partition coefficient (Wildman–Crippen LogP) is 4.50. The molecule has 0 aromatic heterocycles. The van der Waals surface area contributed by atoms with Gasteiger partial charge in [-0.15, -0.1) is 0 Å². The molecular weight excluding hydrogens is 208 g/mol. The van der Waals surface area contributed by atoms with Gasteiger partial charge in [0, 0.05) is 0 Å². The van der Waals surface area contributed by atoms with Gasteiger partial charge in [0.25, 0.3) is 0 Å². The Morgan fingerprint density at radius 2 is 1.76 bits per heavy atom. The van der Waals surface area contributed by atoms with E-state index in [-0.39, 0.29) is 0 Å². The van der Waals surface area contributed by atoms with Crippen LogP contribution in [0, 0.1) is 5.92 Å². The fraction of sp³-hybridized carbons (Fsp3) is 0.625. The van der Waals surface area contributed by atoms with Crippen LogP contribution in [0.2, 0.25) is 0 Å². The number of hydrogen-bond donors (Lipinski definition) is 1. The Morgan fingerprint density at radius 1 is 1.12 bits per heavy atom. The van der Waals surface area contributed by atoms with Crippen LogP contribution < -0.4 is 0 Å². The van der Waals surface area contributed by atoms with Gasteiger partial charge >= 0.3 is 0 Å². The predicted molar refractivity (Wildman–Crippen MR) is 73.9 cm³/mol. The summed E-state index contributed by atoms with van der Waals surface area (Å²) in [4.78, 5) is 0. The molecule has 1 atom stereocenters. The number of hydrogen-bond acceptors (Lipinski definition) is 1. The minimum absolute atomic E-state index is 0.620. The van der Waals surface area contributed by atoms with E-state index in [1.165, 1.54) is 6.42 Å². The molecule has 0 spiro atoms. The molecule has 0 bridgehead atoms. The second-order valence-electron chi connectivity index (χ2n) is 5.43. The maximum Gasteiger partial charge on any atom is 0.0896 e. The lowest BCUT2D eigenvalue weighted by atomic mass is 9.84. The molecule has 0 amide bonds. The van der Waals surface area contributed by atoms with Crippen LogP contribution in [0.3, 0.4) is 0 Å². The average molecular weight is 234 g/mol. The zero-order valence-electron chi connectivity index (χ0n) is 11.4. The minimum Gasteiger partial charge on any atom is -0.385 e. The zero-order chi connectivity index (χ0) is 12.7. The van der Waals surface area contributed by atoms with Gasteiger partial charge in [-0.1, -0.05) is 63.9 Å². The second kappa shape index (κ2) is 6.80. The van der Waals surface area contributed by atoms with Crippen LogP contribution in [-0.2, 0) is 5.60 Å². The Morgan fingerprint density at radius 3 is 2.29 bits per heavy atom. The van der Waals surface area contributed by atoms with Crippen LogP contribution in [-0.4, -0.2) is 5.11 Å². The SMILES string of the molecule is CCCC(O)(CCCC(C)C)c1ccccc1. The van der Waals surface area contributed by atoms with Gasteiger partial charge in [0.2, 0.25) is 0 Å². The summed E-state index contributed by atoms with van der Waals surface area (Å²) < 4.78 is 0. The van der Waals surface area contributed by atoms with E-state index in [1.807, 2.05) is 30.3 Å². The molecule has 1 rings (SSSR count). The third kappa shape index (κ3) is 4.51. The average Bonchev–Trinajstić information content (AvgIpc) is 2.30. The molecule has 1 aromatic rings. The summed E-state index contributed by atoms with van der Waals surface area (Å²) >= 11 is 0. The van der Waals surface area contributed by atoms with Crippen molar-refractivity contribution in [1.29, 1.82) is 0 Å². The quantitative estimate of drug-likeness (QED) is 0.736. The first kappa shape index (κ1) is 14.2. The summed E-state index contributed by atoms with van der Waals surface area (Å²) in [6.45, 7) is 6.61. The Balaban J connectivity index is 2.68. The fourth-order valence-corrected chi connectivity index (χ4v) is 2.38. The van der Waals surface area contributed by atoms with Crippen molar-refractivity contribution in [1.82, 2.24) is 0 Å². The maximum absolute atomic E-state index is 10.8. The molecule has 0 aliphatic heterocycles. The Kier molecular flexibility index (Phi) is 5.70. The highest BCUT2D eigenvalue weighted by Gasteiger charge is 2.27. The van der Waals surface area contributed by atoms with E-state index in [1.54, 1.807) is 0 Å². The maximum atomic E-state index is 10.8. The van der Waals surface area contributed by atoms with Gasteiger partial charge in [0.15, 0.2) is 0 Å². The van der Waals surface area contributed by atoms with Gasteiger partial charge in [-0.3, -0.25) is 0 Å². The van der Waals surface area contributed by atoms with Gasteiger partial charge in [0.05, 0.1) is 5.60 Å². The van der Waals surface area contributed by atoms with Crippen molar-refractivity contribution < 1.29 is 5.11 Å². The molecule has 0 fully saturated rings. The third-order valence-corrected chi connectivity index (χ3v) is 3.35. The van der Waals surface area contributed by atoms with E-state index >= 15 is 0 Å². The number of rotatable bonds is 7. The summed E-state index contributed by atoms with van der Waals surface area (Å²) in [6.07, 6.45) is 5.05. The molecule has 0 aliphatic rings. The zero-order valence-corrected chi connectivity index (χ0v) is 11.4. The Labute approximate surface area is 106 Å². The molecular formula is C16H26O. The molecule has 0 heterocycles. The van der Waals surface area contributed by atoms with Crippen LogP contribution in [0.1, 0.15) is 58.4 Å². The molecule has 1 nitrogen and oxygen atoms in total. The molecule has 96 valence electrons. The van der Waals surface area contributed by atoms with Crippen LogP contribution >= 0.6 is 0 Å². The molecule has 1 heteroatoms. The monoisotopic (exact) mass is 234 g/mol. The van der Waals surface area contributed by atoms with Crippen molar-refractivity contribution in [3.8, 4) is 0 Å². The van der Waals surface area contributed by atoms with Crippen molar-refractivity contribution in [2.75, 3.05) is 0 Å². The molecule has 0 saturated heterocycles. The highest BCUT2D eigenvalue weighted by Crippen LogP contribution is 2.32. The number of aliphatic hydroxyl groups is 1. The van der Waals surface area contributed by atoms with Crippen molar-refractivity contribution in [3.63, 3.8) is 0 Å². The van der Waals surface area contributed by atoms with Crippen LogP contribution in [0.4, 0.5) is 0 Å². The van der Waals surface area contributed by atoms with Crippen LogP contribution in [0.25, 0.3) is 0 Å². The van der Waals surface area contributed by atoms with Gasteiger partial charge in [-0.2, -0.15) is 0 Å². The summed E-state index contributed by atoms with van der Waals surface area (Å²) in [5, 5.41) is 10.8. The van der Waals surface area contributed by atoms with Crippen molar-refractivity contribution in [2.24, 2.45) is 5.92 Å².